The van der Waals surface area contributed by atoms with Crippen molar-refractivity contribution in [2.24, 2.45) is 0 Å². The van der Waals surface area contributed by atoms with Crippen molar-refractivity contribution in [3.8, 4) is 11.5 Å². The predicted octanol–water partition coefficient (Wildman–Crippen LogP) is 7.55. The van der Waals surface area contributed by atoms with E-state index in [0.29, 0.717) is 44.5 Å². The molecule has 0 heterocycles. The molecule has 276 valence electrons. The predicted molar refractivity (Wildman–Crippen MR) is 205 cm³/mol. The molecule has 0 radical (unpaired) electrons. The minimum atomic E-state index is -0.765. The van der Waals surface area contributed by atoms with Gasteiger partial charge in [0.1, 0.15) is 28.8 Å². The number of carbonyl (C=O) groups excluding carboxylic acids is 1. The third kappa shape index (κ3) is 7.26. The molecule has 0 unspecified atom stereocenters. The van der Waals surface area contributed by atoms with Gasteiger partial charge in [0, 0.05) is 55.5 Å². The largest absolute Gasteiger partial charge is 0.507 e. The number of Topliss-reactive ketones (excluding diaryl/α,β-unsaturated/α-hetero) is 1. The van der Waals surface area contributed by atoms with Gasteiger partial charge in [0.05, 0.1) is 28.3 Å². The number of hydrogen-bond donors (Lipinski definition) is 7. The second-order valence-corrected chi connectivity index (χ2v) is 14.0. The molecule has 0 bridgehead atoms. The first-order valence-corrected chi connectivity index (χ1v) is 17.7. The molecular formula is C42H50N2O8. The van der Waals surface area contributed by atoms with E-state index in [0.717, 1.165) is 44.8 Å². The number of ketones is 1. The number of benzene rings is 3. The average Bonchev–Trinajstić information content (AvgIpc) is 3.05. The van der Waals surface area contributed by atoms with Crippen LogP contribution in [-0.4, -0.2) is 73.9 Å². The minimum absolute atomic E-state index is 0.0215. The Morgan fingerprint density at radius 3 is 1.50 bits per heavy atom. The van der Waals surface area contributed by atoms with Gasteiger partial charge in [0.15, 0.2) is 0 Å². The number of aryl methyl sites for hydroxylation is 6. The van der Waals surface area contributed by atoms with Gasteiger partial charge in [0.2, 0.25) is 5.78 Å². The van der Waals surface area contributed by atoms with Gasteiger partial charge >= 0.3 is 0 Å². The SMILES string of the molecule is Cc1cc(C)c(N(CCCCO)c2cc(O)c(C3=C(O)C(=C4C(O)=CC(N(CCCCO)c5c(C)cc(C)cc5C)C=C4O)C3=O)c(O)c2)c(C)c1. The maximum Gasteiger partial charge on any atom is 0.202 e. The molecule has 0 saturated heterocycles. The molecule has 0 spiro atoms. The molecule has 5 rings (SSSR count). The number of phenolic OH excluding ortho intramolecular Hbond substituents is 2. The summed E-state index contributed by atoms with van der Waals surface area (Å²) in [6, 6.07) is 10.4. The summed E-state index contributed by atoms with van der Waals surface area (Å²) in [4.78, 5) is 17.7. The van der Waals surface area contributed by atoms with Crippen molar-refractivity contribution in [3.05, 3.63) is 116 Å². The molecule has 52 heavy (non-hydrogen) atoms. The Hall–Kier alpha value is -5.19. The summed E-state index contributed by atoms with van der Waals surface area (Å²) in [5.41, 5.74) is 7.29. The smallest absolute Gasteiger partial charge is 0.202 e. The highest BCUT2D eigenvalue weighted by molar-refractivity contribution is 6.40. The summed E-state index contributed by atoms with van der Waals surface area (Å²) in [5.74, 6) is -3.02. The van der Waals surface area contributed by atoms with Crippen LogP contribution in [-0.2, 0) is 4.79 Å². The van der Waals surface area contributed by atoms with Gasteiger partial charge in [0.25, 0.3) is 0 Å². The molecular weight excluding hydrogens is 660 g/mol. The lowest BCUT2D eigenvalue weighted by Gasteiger charge is -2.35. The van der Waals surface area contributed by atoms with E-state index in [2.05, 4.69) is 12.1 Å². The molecule has 0 aromatic heterocycles. The van der Waals surface area contributed by atoms with Crippen molar-refractivity contribution in [3.63, 3.8) is 0 Å². The molecule has 7 N–H and O–H groups in total. The molecule has 0 fully saturated rings. The summed E-state index contributed by atoms with van der Waals surface area (Å²) in [6.07, 6.45) is 5.41. The van der Waals surface area contributed by atoms with Gasteiger partial charge in [-0.25, -0.2) is 0 Å². The summed E-state index contributed by atoms with van der Waals surface area (Å²) in [5, 5.41) is 75.2. The number of aromatic hydroxyl groups is 2. The van der Waals surface area contributed by atoms with Crippen LogP contribution in [0.1, 0.15) is 64.6 Å². The van der Waals surface area contributed by atoms with E-state index >= 15 is 0 Å². The Bertz CT molecular complexity index is 1930. The van der Waals surface area contributed by atoms with Gasteiger partial charge in [-0.3, -0.25) is 4.79 Å². The lowest BCUT2D eigenvalue weighted by molar-refractivity contribution is -0.111. The topological polar surface area (TPSA) is 165 Å². The van der Waals surface area contributed by atoms with Crippen LogP contribution in [0.3, 0.4) is 0 Å². The molecule has 10 heteroatoms. The number of nitrogens with zero attached hydrogens (tertiary/aromatic N) is 2. The molecule has 10 nitrogen and oxygen atoms in total. The first kappa shape index (κ1) is 38.1. The number of rotatable bonds is 13. The highest BCUT2D eigenvalue weighted by Gasteiger charge is 2.43. The first-order chi connectivity index (χ1) is 24.7. The highest BCUT2D eigenvalue weighted by Crippen LogP contribution is 2.49. The molecule has 2 aliphatic carbocycles. The third-order valence-corrected chi connectivity index (χ3v) is 9.78. The molecule has 3 aromatic rings. The van der Waals surface area contributed by atoms with E-state index in [9.17, 15) is 40.5 Å². The van der Waals surface area contributed by atoms with E-state index in [-0.39, 0.29) is 35.5 Å². The van der Waals surface area contributed by atoms with Crippen molar-refractivity contribution >= 4 is 28.4 Å². The number of phenols is 2. The quantitative estimate of drug-likeness (QED) is 0.0696. The Kier molecular flexibility index (Phi) is 11.4. The summed E-state index contributed by atoms with van der Waals surface area (Å²) in [7, 11) is 0. The fourth-order valence-corrected chi connectivity index (χ4v) is 7.76. The second kappa shape index (κ2) is 15.6. The molecule has 3 aromatic carbocycles. The molecule has 2 aliphatic rings. The molecule has 0 aliphatic heterocycles. The zero-order valence-corrected chi connectivity index (χ0v) is 30.8. The van der Waals surface area contributed by atoms with E-state index in [1.54, 1.807) is 0 Å². The van der Waals surface area contributed by atoms with Gasteiger partial charge in [-0.05, 0) is 102 Å². The maximum atomic E-state index is 13.7. The van der Waals surface area contributed by atoms with E-state index < -0.39 is 40.6 Å². The Balaban J connectivity index is 1.53. The highest BCUT2D eigenvalue weighted by atomic mass is 16.3. The van der Waals surface area contributed by atoms with E-state index in [1.807, 2.05) is 63.5 Å². The van der Waals surface area contributed by atoms with Gasteiger partial charge in [-0.2, -0.15) is 0 Å². The Morgan fingerprint density at radius 1 is 0.577 bits per heavy atom. The van der Waals surface area contributed by atoms with Crippen molar-refractivity contribution in [1.29, 1.82) is 0 Å². The Morgan fingerprint density at radius 2 is 1.04 bits per heavy atom. The van der Waals surface area contributed by atoms with E-state index in [1.165, 1.54) is 24.3 Å². The van der Waals surface area contributed by atoms with Crippen LogP contribution in [0, 0.1) is 41.5 Å². The first-order valence-electron chi connectivity index (χ1n) is 17.7. The normalized spacial score (nSPS) is 15.8. The number of hydrogen-bond acceptors (Lipinski definition) is 10. The van der Waals surface area contributed by atoms with Crippen LogP contribution in [0.25, 0.3) is 5.57 Å². The van der Waals surface area contributed by atoms with Crippen LogP contribution in [0.4, 0.5) is 17.1 Å². The summed E-state index contributed by atoms with van der Waals surface area (Å²) in [6.45, 7) is 13.0. The van der Waals surface area contributed by atoms with Crippen molar-refractivity contribution in [1.82, 2.24) is 0 Å². The minimum Gasteiger partial charge on any atom is -0.507 e. The van der Waals surface area contributed by atoms with Gasteiger partial charge in [-0.15, -0.1) is 0 Å². The average molecular weight is 711 g/mol. The van der Waals surface area contributed by atoms with Crippen molar-refractivity contribution in [2.75, 3.05) is 36.1 Å². The summed E-state index contributed by atoms with van der Waals surface area (Å²) >= 11 is 0. The number of anilines is 3. The molecule has 0 atom stereocenters. The third-order valence-electron chi connectivity index (χ3n) is 9.78. The van der Waals surface area contributed by atoms with Crippen LogP contribution >= 0.6 is 0 Å². The number of aliphatic hydroxyl groups is 5. The standard InChI is InChI=1S/C42H50N2O8/c1-23-15-25(3)39(26(4)16-23)43(11-7-9-13-45)29-19-31(47)35(32(48)20-29)37-41(51)38(42(37)52)36-33(49)21-30(22-34(36)50)44(12-8-10-14-46)40-27(5)17-24(2)18-28(40)6/h15-22,29,45-51H,7-14H2,1-6H3. The van der Waals surface area contributed by atoms with Crippen LogP contribution < -0.4 is 9.80 Å². The van der Waals surface area contributed by atoms with E-state index in [4.69, 9.17) is 0 Å². The van der Waals surface area contributed by atoms with Crippen LogP contribution in [0.15, 0.2) is 77.0 Å². The lowest BCUT2D eigenvalue weighted by atomic mass is 9.78. The molecule has 0 amide bonds. The fourth-order valence-electron chi connectivity index (χ4n) is 7.76. The van der Waals surface area contributed by atoms with Gasteiger partial charge in [-0.1, -0.05) is 35.4 Å². The number of carbonyl (C=O) groups is 1. The van der Waals surface area contributed by atoms with Gasteiger partial charge < -0.3 is 45.5 Å². The number of unbranched alkanes of at least 4 members (excludes halogenated alkanes) is 2. The number of allylic oxidation sites excluding steroid dienone is 2. The number of aliphatic hydroxyl groups excluding tert-OH is 5. The van der Waals surface area contributed by atoms with Crippen molar-refractivity contribution < 1.29 is 40.5 Å². The molecule has 0 saturated carbocycles. The Labute approximate surface area is 305 Å². The van der Waals surface area contributed by atoms with Crippen LogP contribution in [0.5, 0.6) is 11.5 Å². The monoisotopic (exact) mass is 710 g/mol. The lowest BCUT2D eigenvalue weighted by Crippen LogP contribution is -2.37. The second-order valence-electron chi connectivity index (χ2n) is 14.0. The maximum absolute atomic E-state index is 13.7. The zero-order valence-electron chi connectivity index (χ0n) is 30.8. The van der Waals surface area contributed by atoms with Crippen LogP contribution in [0.2, 0.25) is 0 Å². The van der Waals surface area contributed by atoms with Crippen molar-refractivity contribution in [2.45, 2.75) is 73.3 Å². The zero-order chi connectivity index (χ0) is 38.0. The fraction of sp³-hybridized carbons (Fsp3) is 0.357. The summed E-state index contributed by atoms with van der Waals surface area (Å²) < 4.78 is 0.